The fraction of sp³-hybridized carbons (Fsp3) is 0.343. The van der Waals surface area contributed by atoms with Crippen molar-refractivity contribution in [3.8, 4) is 11.8 Å². The zero-order chi connectivity index (χ0) is 33.6. The third-order valence-electron chi connectivity index (χ3n) is 8.24. The molecule has 3 aromatic rings. The van der Waals surface area contributed by atoms with Crippen molar-refractivity contribution >= 4 is 33.6 Å². The molecule has 3 aromatic carbocycles. The van der Waals surface area contributed by atoms with E-state index in [1.54, 1.807) is 29.2 Å². The molecule has 2 aliphatic rings. The van der Waals surface area contributed by atoms with E-state index in [0.717, 1.165) is 61.1 Å². The number of hydrogen-bond donors (Lipinski definition) is 1. The number of nitriles is 1. The summed E-state index contributed by atoms with van der Waals surface area (Å²) >= 11 is 3.41. The molecule has 0 saturated heterocycles. The third kappa shape index (κ3) is 8.34. The predicted molar refractivity (Wildman–Crippen MR) is 176 cm³/mol. The molecular weight excluding hydrogens is 675 g/mol. The highest BCUT2D eigenvalue weighted by Crippen LogP contribution is 2.40. The van der Waals surface area contributed by atoms with Crippen LogP contribution >= 0.6 is 15.9 Å². The maximum Gasteiger partial charge on any atom is 0.416 e. The van der Waals surface area contributed by atoms with Crippen molar-refractivity contribution in [3.05, 3.63) is 105 Å². The molecule has 3 amide bonds. The van der Waals surface area contributed by atoms with Gasteiger partial charge in [0.25, 0.3) is 5.91 Å². The number of rotatable bonds is 13. The minimum atomic E-state index is -4.59. The summed E-state index contributed by atoms with van der Waals surface area (Å²) in [6.45, 7) is 2.95. The van der Waals surface area contributed by atoms with Crippen molar-refractivity contribution in [3.63, 3.8) is 0 Å². The van der Waals surface area contributed by atoms with Crippen LogP contribution in [0.2, 0.25) is 0 Å². The molecule has 0 bridgehead atoms. The number of anilines is 1. The fourth-order valence-electron chi connectivity index (χ4n) is 5.80. The van der Waals surface area contributed by atoms with Crippen LogP contribution in [0.4, 0.5) is 23.7 Å². The average Bonchev–Trinajstić information content (AvgIpc) is 3.38. The molecule has 2 heterocycles. The van der Waals surface area contributed by atoms with Gasteiger partial charge < -0.3 is 19.9 Å². The van der Waals surface area contributed by atoms with Gasteiger partial charge in [-0.2, -0.15) is 18.4 Å². The van der Waals surface area contributed by atoms with Crippen molar-refractivity contribution in [1.82, 2.24) is 15.1 Å². The summed E-state index contributed by atoms with van der Waals surface area (Å²) in [6, 6.07) is 19.5. The summed E-state index contributed by atoms with van der Waals surface area (Å²) in [4.78, 5) is 32.4. The van der Waals surface area contributed by atoms with E-state index in [-0.39, 0.29) is 18.1 Å². The van der Waals surface area contributed by atoms with Crippen molar-refractivity contribution in [2.75, 3.05) is 44.7 Å². The Morgan fingerprint density at radius 2 is 1.72 bits per heavy atom. The summed E-state index contributed by atoms with van der Waals surface area (Å²) in [5.41, 5.74) is 0.851. The largest absolute Gasteiger partial charge is 0.494 e. The number of ether oxygens (including phenoxy) is 1. The van der Waals surface area contributed by atoms with Gasteiger partial charge in [-0.15, -0.1) is 0 Å². The lowest BCUT2D eigenvalue weighted by molar-refractivity contribution is -0.137. The maximum atomic E-state index is 13.8. The molecule has 0 spiro atoms. The Labute approximate surface area is 280 Å². The number of carbonyl (C=O) groups is 2. The van der Waals surface area contributed by atoms with Gasteiger partial charge in [0.1, 0.15) is 5.75 Å². The standard InChI is InChI=1S/C35H35BrF3N5O3/c1-42(18-6-20-47-29-15-13-27(36)14-16-29)17-3-2-4-19-43-23-30-31(33(43)45)32(25-11-9-24(22-40)10-12-25)41-34(46)44(30)28-8-5-7-26(21-28)35(37,38)39/h5,7-16,21,32H,2-4,6,17-20,23H2,1H3,(H,41,46)/t32-/m1/s1. The molecule has 8 nitrogen and oxygen atoms in total. The van der Waals surface area contributed by atoms with E-state index < -0.39 is 23.8 Å². The van der Waals surface area contributed by atoms with E-state index >= 15 is 0 Å². The SMILES string of the molecule is CN(CCCCCN1CC2=C(C1=O)[C@@H](c1ccc(C#N)cc1)NC(=O)N2c1cccc(C(F)(F)F)c1)CCCOc1ccc(Br)cc1. The van der Waals surface area contributed by atoms with Gasteiger partial charge in [0.2, 0.25) is 0 Å². The second kappa shape index (κ2) is 15.0. The third-order valence-corrected chi connectivity index (χ3v) is 8.77. The van der Waals surface area contributed by atoms with Crippen molar-refractivity contribution < 1.29 is 27.5 Å². The van der Waals surface area contributed by atoms with E-state index in [2.05, 4.69) is 39.3 Å². The molecule has 47 heavy (non-hydrogen) atoms. The monoisotopic (exact) mass is 709 g/mol. The van der Waals surface area contributed by atoms with Gasteiger partial charge in [-0.1, -0.05) is 40.5 Å². The second-order valence-corrected chi connectivity index (χ2v) is 12.5. The smallest absolute Gasteiger partial charge is 0.416 e. The van der Waals surface area contributed by atoms with Crippen molar-refractivity contribution in [2.45, 2.75) is 37.9 Å². The Morgan fingerprint density at radius 1 is 1.00 bits per heavy atom. The van der Waals surface area contributed by atoms with Gasteiger partial charge in [-0.25, -0.2) is 4.79 Å². The number of amides is 3. The van der Waals surface area contributed by atoms with Gasteiger partial charge in [0.15, 0.2) is 0 Å². The van der Waals surface area contributed by atoms with E-state index in [4.69, 9.17) is 4.74 Å². The molecule has 12 heteroatoms. The van der Waals surface area contributed by atoms with Crippen LogP contribution in [0, 0.1) is 11.3 Å². The van der Waals surface area contributed by atoms with Crippen LogP contribution in [0.15, 0.2) is 88.5 Å². The van der Waals surface area contributed by atoms with E-state index in [9.17, 15) is 28.0 Å². The molecule has 0 aromatic heterocycles. The Morgan fingerprint density at radius 3 is 2.43 bits per heavy atom. The van der Waals surface area contributed by atoms with Gasteiger partial charge >= 0.3 is 12.2 Å². The van der Waals surface area contributed by atoms with Gasteiger partial charge in [-0.3, -0.25) is 9.69 Å². The van der Waals surface area contributed by atoms with Gasteiger partial charge in [0, 0.05) is 17.6 Å². The average molecular weight is 711 g/mol. The first-order valence-electron chi connectivity index (χ1n) is 15.4. The Hall–Kier alpha value is -4.34. The molecule has 1 atom stereocenters. The molecule has 0 fully saturated rings. The fourth-order valence-corrected chi connectivity index (χ4v) is 6.06. The number of carbonyl (C=O) groups excluding carboxylic acids is 2. The molecule has 2 aliphatic heterocycles. The first-order chi connectivity index (χ1) is 22.5. The lowest BCUT2D eigenvalue weighted by Crippen LogP contribution is -2.47. The van der Waals surface area contributed by atoms with Gasteiger partial charge in [0.05, 0.1) is 53.3 Å². The molecule has 1 N–H and O–H groups in total. The zero-order valence-electron chi connectivity index (χ0n) is 25.9. The van der Waals surface area contributed by atoms with Gasteiger partial charge in [-0.05, 0) is 93.0 Å². The molecule has 0 saturated carbocycles. The van der Waals surface area contributed by atoms with E-state index in [1.807, 2.05) is 24.3 Å². The number of urea groups is 1. The molecular formula is C35H35BrF3N5O3. The first kappa shape index (κ1) is 34.0. The predicted octanol–water partition coefficient (Wildman–Crippen LogP) is 7.28. The minimum absolute atomic E-state index is 0.0306. The molecule has 5 rings (SSSR count). The molecule has 0 aliphatic carbocycles. The van der Waals surface area contributed by atoms with Crippen LogP contribution in [-0.2, 0) is 11.0 Å². The second-order valence-electron chi connectivity index (χ2n) is 11.6. The van der Waals surface area contributed by atoms with Crippen LogP contribution in [0.1, 0.15) is 48.4 Å². The lowest BCUT2D eigenvalue weighted by Gasteiger charge is -2.33. The number of alkyl halides is 3. The Kier molecular flexibility index (Phi) is 10.9. The highest BCUT2D eigenvalue weighted by atomic mass is 79.9. The summed E-state index contributed by atoms with van der Waals surface area (Å²) in [7, 11) is 2.07. The summed E-state index contributed by atoms with van der Waals surface area (Å²) < 4.78 is 47.4. The number of nitrogens with zero attached hydrogens (tertiary/aromatic N) is 4. The first-order valence-corrected chi connectivity index (χ1v) is 16.2. The molecule has 0 radical (unpaired) electrons. The molecule has 246 valence electrons. The Bertz CT molecular complexity index is 1650. The Balaban J connectivity index is 1.20. The number of hydrogen-bond acceptors (Lipinski definition) is 5. The summed E-state index contributed by atoms with van der Waals surface area (Å²) in [5.74, 6) is 0.569. The number of unbranched alkanes of at least 4 members (excludes halogenated alkanes) is 2. The number of benzene rings is 3. The van der Waals surface area contributed by atoms with Crippen LogP contribution < -0.4 is 15.0 Å². The highest BCUT2D eigenvalue weighted by Gasteiger charge is 2.45. The van der Waals surface area contributed by atoms with Crippen LogP contribution in [0.25, 0.3) is 0 Å². The minimum Gasteiger partial charge on any atom is -0.494 e. The van der Waals surface area contributed by atoms with E-state index in [1.165, 1.54) is 17.0 Å². The van der Waals surface area contributed by atoms with Crippen molar-refractivity contribution in [1.29, 1.82) is 5.26 Å². The van der Waals surface area contributed by atoms with Crippen LogP contribution in [0.5, 0.6) is 5.75 Å². The van der Waals surface area contributed by atoms with Crippen LogP contribution in [-0.4, -0.2) is 61.6 Å². The highest BCUT2D eigenvalue weighted by molar-refractivity contribution is 9.10. The van der Waals surface area contributed by atoms with Crippen molar-refractivity contribution in [2.24, 2.45) is 0 Å². The number of nitrogens with one attached hydrogen (secondary N) is 1. The topological polar surface area (TPSA) is 88.9 Å². The van der Waals surface area contributed by atoms with Crippen LogP contribution in [0.3, 0.4) is 0 Å². The lowest BCUT2D eigenvalue weighted by atomic mass is 9.94. The summed E-state index contributed by atoms with van der Waals surface area (Å²) in [5, 5.41) is 12.0. The van der Waals surface area contributed by atoms with E-state index in [0.29, 0.717) is 35.5 Å². The molecule has 0 unspecified atom stereocenters. The number of halogens is 4. The normalized spacial score (nSPS) is 16.4. The maximum absolute atomic E-state index is 13.8. The zero-order valence-corrected chi connectivity index (χ0v) is 27.5. The summed E-state index contributed by atoms with van der Waals surface area (Å²) in [6.07, 6.45) is -1.16. The quantitative estimate of drug-likeness (QED) is 0.189.